The summed E-state index contributed by atoms with van der Waals surface area (Å²) < 4.78 is 17.6. The predicted octanol–water partition coefficient (Wildman–Crippen LogP) is 3.65. The van der Waals surface area contributed by atoms with E-state index in [1.165, 1.54) is 11.8 Å². The number of nitrogens with zero attached hydrogens (tertiary/aromatic N) is 2. The van der Waals surface area contributed by atoms with E-state index in [-0.39, 0.29) is 18.3 Å². The quantitative estimate of drug-likeness (QED) is 0.502. The molecule has 0 atom stereocenters. The summed E-state index contributed by atoms with van der Waals surface area (Å²) in [5.41, 5.74) is 0.651. The number of thioether (sulfide) groups is 1. The molecule has 0 saturated carbocycles. The Morgan fingerprint density at radius 3 is 2.79 bits per heavy atom. The molecule has 150 valence electrons. The summed E-state index contributed by atoms with van der Waals surface area (Å²) in [5.74, 6) is 2.65. The van der Waals surface area contributed by atoms with Gasteiger partial charge in [-0.15, -0.1) is 5.10 Å². The molecule has 4 rings (SSSR count). The number of nitrogens with one attached hydrogen (secondary N) is 2. The number of aromatic nitrogens is 3. The SMILES string of the molecule is O=C(CSc1n[nH]c(COc2ccc(Br)cc2)n1)Nc1ccc2c(c1)OCCO2. The summed E-state index contributed by atoms with van der Waals surface area (Å²) in [4.78, 5) is 16.5. The second-order valence-corrected chi connectivity index (χ2v) is 7.86. The topological polar surface area (TPSA) is 98.4 Å². The van der Waals surface area contributed by atoms with Crippen LogP contribution in [0.25, 0.3) is 0 Å². The van der Waals surface area contributed by atoms with Crippen molar-refractivity contribution in [3.05, 3.63) is 52.8 Å². The second kappa shape index (κ2) is 9.19. The first-order valence-corrected chi connectivity index (χ1v) is 10.6. The van der Waals surface area contributed by atoms with Crippen molar-refractivity contribution in [2.75, 3.05) is 24.3 Å². The lowest BCUT2D eigenvalue weighted by molar-refractivity contribution is -0.113. The number of fused-ring (bicyclic) bond motifs is 1. The molecule has 2 N–H and O–H groups in total. The van der Waals surface area contributed by atoms with Gasteiger partial charge in [-0.25, -0.2) is 4.98 Å². The van der Waals surface area contributed by atoms with Crippen LogP contribution in [-0.2, 0) is 11.4 Å². The molecule has 1 amide bonds. The van der Waals surface area contributed by atoms with Crippen molar-refractivity contribution < 1.29 is 19.0 Å². The Morgan fingerprint density at radius 1 is 1.17 bits per heavy atom. The molecular weight excluding hydrogens is 460 g/mol. The van der Waals surface area contributed by atoms with E-state index in [9.17, 15) is 4.79 Å². The molecule has 0 fully saturated rings. The summed E-state index contributed by atoms with van der Waals surface area (Å²) in [7, 11) is 0. The lowest BCUT2D eigenvalue weighted by Gasteiger charge is -2.18. The van der Waals surface area contributed by atoms with E-state index in [2.05, 4.69) is 36.4 Å². The maximum Gasteiger partial charge on any atom is 0.234 e. The summed E-state index contributed by atoms with van der Waals surface area (Å²) >= 11 is 4.62. The molecule has 0 bridgehead atoms. The molecule has 0 spiro atoms. The van der Waals surface area contributed by atoms with Gasteiger partial charge in [-0.1, -0.05) is 27.7 Å². The molecule has 8 nitrogen and oxygen atoms in total. The average Bonchev–Trinajstić information content (AvgIpc) is 3.20. The van der Waals surface area contributed by atoms with Crippen LogP contribution in [-0.4, -0.2) is 40.1 Å². The van der Waals surface area contributed by atoms with E-state index in [0.29, 0.717) is 41.4 Å². The van der Waals surface area contributed by atoms with Gasteiger partial charge in [-0.3, -0.25) is 9.89 Å². The highest BCUT2D eigenvalue weighted by Crippen LogP contribution is 2.32. The van der Waals surface area contributed by atoms with Gasteiger partial charge in [0.25, 0.3) is 0 Å². The zero-order valence-electron chi connectivity index (χ0n) is 15.2. The molecule has 0 aliphatic carbocycles. The molecule has 1 aliphatic rings. The standard InChI is InChI=1S/C19H17BrN4O4S/c20-12-1-4-14(5-2-12)28-10-17-22-19(24-23-17)29-11-18(25)21-13-3-6-15-16(9-13)27-8-7-26-15/h1-6,9H,7-8,10-11H2,(H,21,25)(H,22,23,24). The number of anilines is 1. The van der Waals surface area contributed by atoms with E-state index in [4.69, 9.17) is 14.2 Å². The Kier molecular flexibility index (Phi) is 6.20. The fourth-order valence-electron chi connectivity index (χ4n) is 2.54. The van der Waals surface area contributed by atoms with Crippen LogP contribution in [0.1, 0.15) is 5.82 Å². The van der Waals surface area contributed by atoms with Crippen LogP contribution in [0.3, 0.4) is 0 Å². The molecule has 1 aliphatic heterocycles. The number of carbonyl (C=O) groups is 1. The van der Waals surface area contributed by atoms with Crippen molar-refractivity contribution in [1.29, 1.82) is 0 Å². The highest BCUT2D eigenvalue weighted by atomic mass is 79.9. The van der Waals surface area contributed by atoms with Gasteiger partial charge in [0.2, 0.25) is 11.1 Å². The lowest BCUT2D eigenvalue weighted by Crippen LogP contribution is -2.17. The zero-order chi connectivity index (χ0) is 20.1. The van der Waals surface area contributed by atoms with Crippen molar-refractivity contribution in [1.82, 2.24) is 15.2 Å². The van der Waals surface area contributed by atoms with Gasteiger partial charge < -0.3 is 19.5 Å². The van der Waals surface area contributed by atoms with E-state index in [1.807, 2.05) is 24.3 Å². The molecule has 0 unspecified atom stereocenters. The van der Waals surface area contributed by atoms with Gasteiger partial charge in [0, 0.05) is 16.2 Å². The van der Waals surface area contributed by atoms with Crippen molar-refractivity contribution in [3.63, 3.8) is 0 Å². The third-order valence-electron chi connectivity index (χ3n) is 3.86. The van der Waals surface area contributed by atoms with Crippen LogP contribution in [0.15, 0.2) is 52.1 Å². The summed E-state index contributed by atoms with van der Waals surface area (Å²) in [6, 6.07) is 12.8. The number of rotatable bonds is 7. The molecule has 1 aromatic heterocycles. The molecule has 2 heterocycles. The first-order valence-electron chi connectivity index (χ1n) is 8.78. The minimum Gasteiger partial charge on any atom is -0.486 e. The zero-order valence-corrected chi connectivity index (χ0v) is 17.6. The largest absolute Gasteiger partial charge is 0.486 e. The Balaban J connectivity index is 1.25. The van der Waals surface area contributed by atoms with Crippen LogP contribution in [0.5, 0.6) is 17.2 Å². The van der Waals surface area contributed by atoms with Gasteiger partial charge in [-0.2, -0.15) is 0 Å². The van der Waals surface area contributed by atoms with Gasteiger partial charge in [0.15, 0.2) is 17.3 Å². The molecule has 0 radical (unpaired) electrons. The lowest BCUT2D eigenvalue weighted by atomic mass is 10.2. The van der Waals surface area contributed by atoms with Crippen molar-refractivity contribution in [3.8, 4) is 17.2 Å². The molecular formula is C19H17BrN4O4S. The Hall–Kier alpha value is -2.72. The first-order chi connectivity index (χ1) is 14.2. The van der Waals surface area contributed by atoms with Gasteiger partial charge in [0.05, 0.1) is 5.75 Å². The minimum absolute atomic E-state index is 0.163. The van der Waals surface area contributed by atoms with Crippen LogP contribution in [0, 0.1) is 0 Å². The number of H-pyrrole nitrogens is 1. The van der Waals surface area contributed by atoms with E-state index in [0.717, 1.165) is 10.2 Å². The number of hydrogen-bond acceptors (Lipinski definition) is 7. The predicted molar refractivity (Wildman–Crippen MR) is 112 cm³/mol. The third-order valence-corrected chi connectivity index (χ3v) is 5.23. The van der Waals surface area contributed by atoms with Crippen molar-refractivity contribution in [2.24, 2.45) is 0 Å². The number of benzene rings is 2. The summed E-state index contributed by atoms with van der Waals surface area (Å²) in [6.45, 7) is 1.29. The number of carbonyl (C=O) groups excluding carboxylic acids is 1. The van der Waals surface area contributed by atoms with E-state index < -0.39 is 0 Å². The Labute approximate surface area is 179 Å². The van der Waals surface area contributed by atoms with Crippen molar-refractivity contribution in [2.45, 2.75) is 11.8 Å². The second-order valence-electron chi connectivity index (χ2n) is 6.00. The van der Waals surface area contributed by atoms with Crippen LogP contribution >= 0.6 is 27.7 Å². The number of hydrogen-bond donors (Lipinski definition) is 2. The van der Waals surface area contributed by atoms with Crippen LogP contribution in [0.2, 0.25) is 0 Å². The Morgan fingerprint density at radius 2 is 1.97 bits per heavy atom. The highest BCUT2D eigenvalue weighted by Gasteiger charge is 2.13. The molecule has 0 saturated heterocycles. The Bertz CT molecular complexity index is 996. The van der Waals surface area contributed by atoms with Gasteiger partial charge >= 0.3 is 0 Å². The number of aromatic amines is 1. The maximum atomic E-state index is 12.2. The fourth-order valence-corrected chi connectivity index (χ4v) is 3.42. The first kappa shape index (κ1) is 19.6. The fraction of sp³-hybridized carbons (Fsp3) is 0.211. The number of halogens is 1. The van der Waals surface area contributed by atoms with E-state index in [1.54, 1.807) is 18.2 Å². The monoisotopic (exact) mass is 476 g/mol. The average molecular weight is 477 g/mol. The van der Waals surface area contributed by atoms with Crippen LogP contribution in [0.4, 0.5) is 5.69 Å². The number of amides is 1. The van der Waals surface area contributed by atoms with Gasteiger partial charge in [0.1, 0.15) is 25.6 Å². The number of ether oxygens (including phenoxy) is 3. The van der Waals surface area contributed by atoms with Gasteiger partial charge in [-0.05, 0) is 36.4 Å². The summed E-state index contributed by atoms with van der Waals surface area (Å²) in [6.07, 6.45) is 0. The van der Waals surface area contributed by atoms with Crippen molar-refractivity contribution >= 4 is 39.3 Å². The maximum absolute atomic E-state index is 12.2. The normalized spacial score (nSPS) is 12.4. The summed E-state index contributed by atoms with van der Waals surface area (Å²) in [5, 5.41) is 10.2. The molecule has 3 aromatic rings. The van der Waals surface area contributed by atoms with Crippen LogP contribution < -0.4 is 19.5 Å². The molecule has 10 heteroatoms. The molecule has 2 aromatic carbocycles. The molecule has 29 heavy (non-hydrogen) atoms. The highest BCUT2D eigenvalue weighted by molar-refractivity contribution is 9.10. The third kappa shape index (κ3) is 5.42. The smallest absolute Gasteiger partial charge is 0.234 e. The van der Waals surface area contributed by atoms with E-state index >= 15 is 0 Å². The minimum atomic E-state index is -0.163.